The second-order valence-corrected chi connectivity index (χ2v) is 5.35. The molecule has 4 heteroatoms. The van der Waals surface area contributed by atoms with Crippen molar-refractivity contribution < 1.29 is 14.4 Å². The number of nitrogens with zero attached hydrogens (tertiary/aromatic N) is 1. The normalized spacial score (nSPS) is 13.7. The molecular weight excluding hydrogens is 290 g/mol. The number of benzene rings is 2. The maximum Gasteiger partial charge on any atom is 0.261 e. The first-order valence-electron chi connectivity index (χ1n) is 7.30. The second-order valence-electron chi connectivity index (χ2n) is 5.35. The summed E-state index contributed by atoms with van der Waals surface area (Å²) in [4.78, 5) is 37.0. The van der Waals surface area contributed by atoms with Crippen LogP contribution >= 0.6 is 0 Å². The summed E-state index contributed by atoms with van der Waals surface area (Å²) in [7, 11) is 0. The lowest BCUT2D eigenvalue weighted by molar-refractivity contribution is 0.0672. The molecule has 0 saturated carbocycles. The van der Waals surface area contributed by atoms with Crippen molar-refractivity contribution in [1.29, 1.82) is 0 Å². The Morgan fingerprint density at radius 3 is 2.26 bits per heavy atom. The van der Waals surface area contributed by atoms with Crippen molar-refractivity contribution in [1.82, 2.24) is 4.90 Å². The summed E-state index contributed by atoms with van der Waals surface area (Å²) in [6.45, 7) is 1.72. The third-order valence-corrected chi connectivity index (χ3v) is 3.77. The smallest absolute Gasteiger partial charge is 0.261 e. The van der Waals surface area contributed by atoms with Crippen molar-refractivity contribution >= 4 is 23.7 Å². The third-order valence-electron chi connectivity index (χ3n) is 3.77. The Kier molecular flexibility index (Phi) is 3.89. The number of carbonyl (C=O) groups excluding carboxylic acids is 3. The number of imide groups is 1. The molecule has 0 saturated heterocycles. The summed E-state index contributed by atoms with van der Waals surface area (Å²) in [5.41, 5.74) is 2.39. The minimum atomic E-state index is -0.271. The third kappa shape index (κ3) is 2.83. The summed E-state index contributed by atoms with van der Waals surface area (Å²) in [6.07, 6.45) is 3.55. The molecule has 0 aromatic heterocycles. The van der Waals surface area contributed by atoms with Crippen molar-refractivity contribution in [3.05, 3.63) is 76.9 Å². The van der Waals surface area contributed by atoms with E-state index in [0.29, 0.717) is 16.7 Å². The van der Waals surface area contributed by atoms with Gasteiger partial charge in [-0.15, -0.1) is 0 Å². The first kappa shape index (κ1) is 14.9. The van der Waals surface area contributed by atoms with E-state index < -0.39 is 0 Å². The molecule has 1 aliphatic rings. The molecule has 1 aliphatic heterocycles. The Labute approximate surface area is 134 Å². The minimum absolute atomic E-state index is 0.000554. The number of hydrogen-bond donors (Lipinski definition) is 0. The van der Waals surface area contributed by atoms with E-state index in [9.17, 15) is 14.4 Å². The van der Waals surface area contributed by atoms with Gasteiger partial charge in [0.25, 0.3) is 11.8 Å². The molecule has 2 aromatic rings. The Hall–Kier alpha value is -3.01. The number of Topliss-reactive ketones (excluding diaryl/α,β-unsaturated/α-hetero) is 1. The lowest BCUT2D eigenvalue weighted by Gasteiger charge is -2.10. The van der Waals surface area contributed by atoms with E-state index in [1.807, 2.05) is 6.07 Å². The average molecular weight is 305 g/mol. The maximum absolute atomic E-state index is 12.2. The van der Waals surface area contributed by atoms with Crippen molar-refractivity contribution in [3.63, 3.8) is 0 Å². The number of carbonyl (C=O) groups is 3. The van der Waals surface area contributed by atoms with E-state index in [1.54, 1.807) is 54.6 Å². The number of amides is 2. The van der Waals surface area contributed by atoms with Crippen molar-refractivity contribution in [2.24, 2.45) is 0 Å². The van der Waals surface area contributed by atoms with E-state index in [1.165, 1.54) is 11.8 Å². The zero-order valence-corrected chi connectivity index (χ0v) is 12.7. The minimum Gasteiger partial charge on any atom is -0.295 e. The fraction of sp³-hybridized carbons (Fsp3) is 0.105. The van der Waals surface area contributed by atoms with Gasteiger partial charge in [-0.3, -0.25) is 19.3 Å². The van der Waals surface area contributed by atoms with Crippen LogP contribution in [0.3, 0.4) is 0 Å². The van der Waals surface area contributed by atoms with Crippen molar-refractivity contribution in [2.75, 3.05) is 6.54 Å². The number of hydrogen-bond acceptors (Lipinski definition) is 3. The van der Waals surface area contributed by atoms with Crippen LogP contribution in [-0.4, -0.2) is 29.0 Å². The molecule has 1 heterocycles. The lowest BCUT2D eigenvalue weighted by Crippen LogP contribution is -2.29. The van der Waals surface area contributed by atoms with Crippen LogP contribution in [0.5, 0.6) is 0 Å². The van der Waals surface area contributed by atoms with E-state index in [2.05, 4.69) is 0 Å². The molecule has 4 nitrogen and oxygen atoms in total. The van der Waals surface area contributed by atoms with Gasteiger partial charge in [0.1, 0.15) is 0 Å². The SMILES string of the molecule is CC(=O)c1cccc(/C=C/CN2C(=O)c3ccccc3C2=O)c1. The topological polar surface area (TPSA) is 54.5 Å². The van der Waals surface area contributed by atoms with Crippen molar-refractivity contribution in [2.45, 2.75) is 6.92 Å². The van der Waals surface area contributed by atoms with Crippen LogP contribution in [0, 0.1) is 0 Å². The molecular formula is C19H15NO3. The molecule has 0 spiro atoms. The highest BCUT2D eigenvalue weighted by atomic mass is 16.2. The Morgan fingerprint density at radius 1 is 1.00 bits per heavy atom. The number of fused-ring (bicyclic) bond motifs is 1. The molecule has 0 fully saturated rings. The van der Waals surface area contributed by atoms with Crippen LogP contribution in [0.2, 0.25) is 0 Å². The summed E-state index contributed by atoms with van der Waals surface area (Å²) in [6, 6.07) is 14.0. The zero-order valence-electron chi connectivity index (χ0n) is 12.7. The molecule has 3 rings (SSSR count). The van der Waals surface area contributed by atoms with Gasteiger partial charge in [-0.2, -0.15) is 0 Å². The van der Waals surface area contributed by atoms with Crippen molar-refractivity contribution in [3.8, 4) is 0 Å². The van der Waals surface area contributed by atoms with Crippen LogP contribution in [0.4, 0.5) is 0 Å². The average Bonchev–Trinajstić information content (AvgIpc) is 2.80. The first-order chi connectivity index (χ1) is 11.1. The Morgan fingerprint density at radius 2 is 1.65 bits per heavy atom. The molecule has 0 unspecified atom stereocenters. The predicted octanol–water partition coefficient (Wildman–Crippen LogP) is 3.20. The Bertz CT molecular complexity index is 801. The fourth-order valence-corrected chi connectivity index (χ4v) is 2.56. The quantitative estimate of drug-likeness (QED) is 0.644. The van der Waals surface area contributed by atoms with Crippen LogP contribution < -0.4 is 0 Å². The van der Waals surface area contributed by atoms with Gasteiger partial charge in [-0.25, -0.2) is 0 Å². The summed E-state index contributed by atoms with van der Waals surface area (Å²) in [5.74, 6) is -0.541. The van der Waals surface area contributed by atoms with Crippen LogP contribution in [0.1, 0.15) is 43.6 Å². The standard InChI is InChI=1S/C19H15NO3/c1-13(21)15-8-4-6-14(12-15)7-5-11-20-18(22)16-9-2-3-10-17(16)19(20)23/h2-10,12H,11H2,1H3/b7-5+. The Balaban J connectivity index is 1.74. The summed E-state index contributed by atoms with van der Waals surface area (Å²) >= 11 is 0. The van der Waals surface area contributed by atoms with Gasteiger partial charge >= 0.3 is 0 Å². The monoisotopic (exact) mass is 305 g/mol. The molecule has 2 aromatic carbocycles. The van der Waals surface area contributed by atoms with Gasteiger partial charge in [0.15, 0.2) is 5.78 Å². The van der Waals surface area contributed by atoms with Crippen LogP contribution in [0.15, 0.2) is 54.6 Å². The number of ketones is 1. The summed E-state index contributed by atoms with van der Waals surface area (Å²) in [5, 5.41) is 0. The zero-order chi connectivity index (χ0) is 16.4. The van der Waals surface area contributed by atoms with Gasteiger partial charge in [0, 0.05) is 12.1 Å². The molecule has 23 heavy (non-hydrogen) atoms. The predicted molar refractivity (Wildman–Crippen MR) is 87.3 cm³/mol. The molecule has 0 atom stereocenters. The molecule has 0 aliphatic carbocycles. The van der Waals surface area contributed by atoms with E-state index in [0.717, 1.165) is 5.56 Å². The molecule has 0 radical (unpaired) electrons. The van der Waals surface area contributed by atoms with E-state index >= 15 is 0 Å². The molecule has 0 bridgehead atoms. The fourth-order valence-electron chi connectivity index (χ4n) is 2.56. The van der Waals surface area contributed by atoms with Gasteiger partial charge in [0.2, 0.25) is 0 Å². The highest BCUT2D eigenvalue weighted by Gasteiger charge is 2.33. The van der Waals surface area contributed by atoms with Crippen LogP contribution in [-0.2, 0) is 0 Å². The van der Waals surface area contributed by atoms with E-state index in [-0.39, 0.29) is 24.1 Å². The number of rotatable bonds is 4. The highest BCUT2D eigenvalue weighted by Crippen LogP contribution is 2.22. The van der Waals surface area contributed by atoms with Gasteiger partial charge in [0.05, 0.1) is 11.1 Å². The molecule has 114 valence electrons. The molecule has 0 N–H and O–H groups in total. The maximum atomic E-state index is 12.2. The first-order valence-corrected chi connectivity index (χ1v) is 7.30. The van der Waals surface area contributed by atoms with Gasteiger partial charge in [-0.1, -0.05) is 42.5 Å². The molecule has 2 amide bonds. The largest absolute Gasteiger partial charge is 0.295 e. The highest BCUT2D eigenvalue weighted by molar-refractivity contribution is 6.21. The van der Waals surface area contributed by atoms with Crippen LogP contribution in [0.25, 0.3) is 6.08 Å². The second kappa shape index (κ2) is 6.01. The van der Waals surface area contributed by atoms with E-state index in [4.69, 9.17) is 0 Å². The summed E-state index contributed by atoms with van der Waals surface area (Å²) < 4.78 is 0. The van der Waals surface area contributed by atoms with Gasteiger partial charge in [-0.05, 0) is 30.7 Å². The van der Waals surface area contributed by atoms with Gasteiger partial charge < -0.3 is 0 Å². The lowest BCUT2D eigenvalue weighted by atomic mass is 10.1.